The summed E-state index contributed by atoms with van der Waals surface area (Å²) in [6.07, 6.45) is 0.820. The number of carboxylic acid groups (broad SMARTS) is 1. The second kappa shape index (κ2) is 10.4. The number of rotatable bonds is 9. The number of amides is 3. The van der Waals surface area contributed by atoms with Crippen molar-refractivity contribution in [3.63, 3.8) is 0 Å². The molecular formula is C19H25N3O6. The number of likely N-dealkylation sites (tertiary alicyclic amines) is 1. The first-order chi connectivity index (χ1) is 13.4. The minimum Gasteiger partial charge on any atom is -0.480 e. The molecule has 0 saturated carbocycles. The molecule has 2 rings (SSSR count). The molecule has 1 aliphatic heterocycles. The molecule has 1 aromatic carbocycles. The summed E-state index contributed by atoms with van der Waals surface area (Å²) >= 11 is 0. The molecule has 152 valence electrons. The first kappa shape index (κ1) is 21.4. The van der Waals surface area contributed by atoms with Gasteiger partial charge in [0.2, 0.25) is 17.7 Å². The number of nitrogens with one attached hydrogen (secondary N) is 2. The SMILES string of the molecule is C[C@H](NC(=O)CCC(=O)NOCc1ccccc1)C(=O)N1CCC[C@H]1C(=O)O. The Morgan fingerprint density at radius 1 is 1.18 bits per heavy atom. The van der Waals surface area contributed by atoms with E-state index < -0.39 is 35.8 Å². The van der Waals surface area contributed by atoms with Crippen LogP contribution < -0.4 is 10.8 Å². The van der Waals surface area contributed by atoms with E-state index in [4.69, 9.17) is 9.94 Å². The average Bonchev–Trinajstić information content (AvgIpc) is 3.16. The van der Waals surface area contributed by atoms with E-state index in [1.807, 2.05) is 30.3 Å². The molecular weight excluding hydrogens is 366 g/mol. The maximum Gasteiger partial charge on any atom is 0.326 e. The largest absolute Gasteiger partial charge is 0.480 e. The Morgan fingerprint density at radius 3 is 2.54 bits per heavy atom. The quantitative estimate of drug-likeness (QED) is 0.529. The van der Waals surface area contributed by atoms with Crippen molar-refractivity contribution in [1.82, 2.24) is 15.7 Å². The van der Waals surface area contributed by atoms with Crippen LogP contribution in [-0.2, 0) is 30.6 Å². The first-order valence-electron chi connectivity index (χ1n) is 9.15. The Balaban J connectivity index is 1.67. The van der Waals surface area contributed by atoms with Crippen LogP contribution in [-0.4, -0.2) is 52.3 Å². The molecule has 1 aromatic rings. The summed E-state index contributed by atoms with van der Waals surface area (Å²) in [6, 6.07) is 7.59. The summed E-state index contributed by atoms with van der Waals surface area (Å²) in [5.41, 5.74) is 3.16. The second-order valence-electron chi connectivity index (χ2n) is 6.62. The molecule has 3 N–H and O–H groups in total. The van der Waals surface area contributed by atoms with Gasteiger partial charge in [0.25, 0.3) is 0 Å². The number of carbonyl (C=O) groups is 4. The number of hydroxylamine groups is 1. The van der Waals surface area contributed by atoms with Crippen molar-refractivity contribution in [3.05, 3.63) is 35.9 Å². The van der Waals surface area contributed by atoms with Gasteiger partial charge in [-0.25, -0.2) is 10.3 Å². The number of carbonyl (C=O) groups excluding carboxylic acids is 3. The number of hydrogen-bond donors (Lipinski definition) is 3. The third-order valence-corrected chi connectivity index (χ3v) is 4.42. The van der Waals surface area contributed by atoms with E-state index in [1.54, 1.807) is 0 Å². The molecule has 9 heteroatoms. The highest BCUT2D eigenvalue weighted by Gasteiger charge is 2.36. The van der Waals surface area contributed by atoms with E-state index in [-0.39, 0.29) is 19.4 Å². The third kappa shape index (κ3) is 6.34. The molecule has 1 heterocycles. The van der Waals surface area contributed by atoms with Gasteiger partial charge in [0.15, 0.2) is 0 Å². The van der Waals surface area contributed by atoms with Crippen molar-refractivity contribution in [2.24, 2.45) is 0 Å². The van der Waals surface area contributed by atoms with Crippen LogP contribution in [0.2, 0.25) is 0 Å². The van der Waals surface area contributed by atoms with Crippen molar-refractivity contribution >= 4 is 23.7 Å². The van der Waals surface area contributed by atoms with Gasteiger partial charge in [0.05, 0.1) is 6.61 Å². The maximum absolute atomic E-state index is 12.4. The van der Waals surface area contributed by atoms with E-state index in [1.165, 1.54) is 11.8 Å². The van der Waals surface area contributed by atoms with Gasteiger partial charge >= 0.3 is 5.97 Å². The monoisotopic (exact) mass is 391 g/mol. The fourth-order valence-corrected chi connectivity index (χ4v) is 2.96. The van der Waals surface area contributed by atoms with Crippen molar-refractivity contribution in [1.29, 1.82) is 0 Å². The molecule has 0 aromatic heterocycles. The summed E-state index contributed by atoms with van der Waals surface area (Å²) in [5, 5.41) is 11.7. The zero-order valence-electron chi connectivity index (χ0n) is 15.7. The fourth-order valence-electron chi connectivity index (χ4n) is 2.96. The minimum absolute atomic E-state index is 0.0942. The molecule has 9 nitrogen and oxygen atoms in total. The van der Waals surface area contributed by atoms with Crippen LogP contribution in [0.4, 0.5) is 0 Å². The molecule has 0 radical (unpaired) electrons. The Labute approximate surface area is 163 Å². The Bertz CT molecular complexity index is 709. The standard InChI is InChI=1S/C19H25N3O6/c1-13(18(25)22-11-5-8-15(22)19(26)27)20-16(23)9-10-17(24)21-28-12-14-6-3-2-4-7-14/h2-4,6-7,13,15H,5,8-12H2,1H3,(H,20,23)(H,21,24)(H,26,27)/t13-,15-/m0/s1. The number of nitrogens with zero attached hydrogens (tertiary/aromatic N) is 1. The molecule has 0 unspecified atom stereocenters. The molecule has 1 saturated heterocycles. The van der Waals surface area contributed by atoms with Crippen LogP contribution in [0.5, 0.6) is 0 Å². The lowest BCUT2D eigenvalue weighted by Gasteiger charge is -2.25. The highest BCUT2D eigenvalue weighted by Crippen LogP contribution is 2.18. The maximum atomic E-state index is 12.4. The van der Waals surface area contributed by atoms with Gasteiger partial charge in [-0.1, -0.05) is 30.3 Å². The summed E-state index contributed by atoms with van der Waals surface area (Å²) in [6.45, 7) is 2.07. The molecule has 28 heavy (non-hydrogen) atoms. The number of aliphatic carboxylic acids is 1. The second-order valence-corrected chi connectivity index (χ2v) is 6.62. The molecule has 1 aliphatic rings. The van der Waals surface area contributed by atoms with Gasteiger partial charge in [-0.15, -0.1) is 0 Å². The predicted molar refractivity (Wildman–Crippen MR) is 98.6 cm³/mol. The van der Waals surface area contributed by atoms with Crippen molar-refractivity contribution in [2.45, 2.75) is 51.3 Å². The lowest BCUT2D eigenvalue weighted by Crippen LogP contribution is -2.50. The number of benzene rings is 1. The van der Waals surface area contributed by atoms with Crippen LogP contribution in [0.3, 0.4) is 0 Å². The summed E-state index contributed by atoms with van der Waals surface area (Å²) in [7, 11) is 0. The smallest absolute Gasteiger partial charge is 0.326 e. The van der Waals surface area contributed by atoms with Crippen LogP contribution in [0, 0.1) is 0 Å². The van der Waals surface area contributed by atoms with Crippen molar-refractivity contribution < 1.29 is 29.1 Å². The fraction of sp³-hybridized carbons (Fsp3) is 0.474. The van der Waals surface area contributed by atoms with Gasteiger partial charge in [0, 0.05) is 19.4 Å². The van der Waals surface area contributed by atoms with E-state index in [0.29, 0.717) is 19.4 Å². The number of carboxylic acids is 1. The third-order valence-electron chi connectivity index (χ3n) is 4.42. The van der Waals surface area contributed by atoms with Crippen LogP contribution in [0.25, 0.3) is 0 Å². The van der Waals surface area contributed by atoms with Crippen molar-refractivity contribution in [2.75, 3.05) is 6.54 Å². The predicted octanol–water partition coefficient (Wildman–Crippen LogP) is 0.595. The minimum atomic E-state index is -1.04. The molecule has 2 atom stereocenters. The van der Waals surface area contributed by atoms with E-state index in [9.17, 15) is 19.2 Å². The summed E-state index contributed by atoms with van der Waals surface area (Å²) < 4.78 is 0. The van der Waals surface area contributed by atoms with E-state index in [0.717, 1.165) is 5.56 Å². The highest BCUT2D eigenvalue weighted by molar-refractivity contribution is 5.91. The molecule has 0 spiro atoms. The molecule has 0 bridgehead atoms. The Hall–Kier alpha value is -2.94. The summed E-state index contributed by atoms with van der Waals surface area (Å²) in [5.74, 6) is -2.40. The number of hydrogen-bond acceptors (Lipinski definition) is 5. The lowest BCUT2D eigenvalue weighted by molar-refractivity contribution is -0.149. The van der Waals surface area contributed by atoms with Crippen molar-refractivity contribution in [3.8, 4) is 0 Å². The summed E-state index contributed by atoms with van der Waals surface area (Å²) in [4.78, 5) is 53.6. The first-order valence-corrected chi connectivity index (χ1v) is 9.15. The van der Waals surface area contributed by atoms with Gasteiger partial charge in [-0.3, -0.25) is 19.2 Å². The van der Waals surface area contributed by atoms with Gasteiger partial charge in [-0.2, -0.15) is 0 Å². The zero-order chi connectivity index (χ0) is 20.5. The topological polar surface area (TPSA) is 125 Å². The van der Waals surface area contributed by atoms with Crippen LogP contribution in [0.1, 0.15) is 38.2 Å². The Kier molecular flexibility index (Phi) is 7.94. The lowest BCUT2D eigenvalue weighted by atomic mass is 10.2. The van der Waals surface area contributed by atoms with E-state index >= 15 is 0 Å². The molecule has 1 fully saturated rings. The molecule has 0 aliphatic carbocycles. The normalized spacial score (nSPS) is 17.0. The van der Waals surface area contributed by atoms with Gasteiger partial charge in [0.1, 0.15) is 12.1 Å². The Morgan fingerprint density at radius 2 is 1.86 bits per heavy atom. The van der Waals surface area contributed by atoms with Gasteiger partial charge < -0.3 is 15.3 Å². The van der Waals surface area contributed by atoms with Crippen LogP contribution in [0.15, 0.2) is 30.3 Å². The molecule has 3 amide bonds. The highest BCUT2D eigenvalue weighted by atomic mass is 16.6. The van der Waals surface area contributed by atoms with Gasteiger partial charge in [-0.05, 0) is 25.3 Å². The average molecular weight is 391 g/mol. The van der Waals surface area contributed by atoms with Crippen LogP contribution >= 0.6 is 0 Å². The zero-order valence-corrected chi connectivity index (χ0v) is 15.7. The van der Waals surface area contributed by atoms with E-state index in [2.05, 4.69) is 10.8 Å².